The number of rotatable bonds is 3. The Morgan fingerprint density at radius 1 is 1.21 bits per heavy atom. The van der Waals surface area contributed by atoms with Crippen LogP contribution >= 0.6 is 11.8 Å². The summed E-state index contributed by atoms with van der Waals surface area (Å²) in [4.78, 5) is 3.93. The molecule has 2 aromatic carbocycles. The van der Waals surface area contributed by atoms with E-state index in [1.807, 2.05) is 11.8 Å². The fourth-order valence-electron chi connectivity index (χ4n) is 3.21. The number of nitrogens with zero attached hydrogens (tertiary/aromatic N) is 1. The topological polar surface area (TPSA) is 3.24 Å². The summed E-state index contributed by atoms with van der Waals surface area (Å²) in [6.07, 6.45) is 6.05. The molecule has 100 valence electrons. The van der Waals surface area contributed by atoms with Gasteiger partial charge in [0.2, 0.25) is 0 Å². The van der Waals surface area contributed by atoms with Gasteiger partial charge in [-0.05, 0) is 61.5 Å². The zero-order valence-electron chi connectivity index (χ0n) is 11.7. The standard InChI is InChI=1S/C17H21NS/c1-18-11-5-9-15(18)12-14-8-3-6-13-7-4-10-16(19-2)17(13)14/h3-4,6-8,10,15H,5,9,11-12H2,1-2H3/t15-/m1/s1. The summed E-state index contributed by atoms with van der Waals surface area (Å²) in [6, 6.07) is 14.1. The molecule has 2 aromatic rings. The van der Waals surface area contributed by atoms with E-state index < -0.39 is 0 Å². The van der Waals surface area contributed by atoms with Crippen LogP contribution in [-0.4, -0.2) is 30.8 Å². The largest absolute Gasteiger partial charge is 0.303 e. The fraction of sp³-hybridized carbons (Fsp3) is 0.412. The van der Waals surface area contributed by atoms with E-state index in [9.17, 15) is 0 Å². The van der Waals surface area contributed by atoms with Gasteiger partial charge < -0.3 is 4.90 Å². The third-order valence-electron chi connectivity index (χ3n) is 4.30. The molecule has 0 amide bonds. The lowest BCUT2D eigenvalue weighted by Crippen LogP contribution is -2.26. The SMILES string of the molecule is CSc1cccc2cccc(C[C@H]3CCCN3C)c12. The highest BCUT2D eigenvalue weighted by Gasteiger charge is 2.21. The van der Waals surface area contributed by atoms with Crippen molar-refractivity contribution in [2.75, 3.05) is 19.8 Å². The normalized spacial score (nSPS) is 20.2. The number of hydrogen-bond acceptors (Lipinski definition) is 2. The van der Waals surface area contributed by atoms with Crippen molar-refractivity contribution in [2.24, 2.45) is 0 Å². The first-order valence-electron chi connectivity index (χ1n) is 7.04. The van der Waals surface area contributed by atoms with Gasteiger partial charge in [-0.1, -0.05) is 30.3 Å². The fourth-order valence-corrected chi connectivity index (χ4v) is 3.88. The van der Waals surface area contributed by atoms with E-state index in [-0.39, 0.29) is 0 Å². The van der Waals surface area contributed by atoms with Crippen LogP contribution in [0.15, 0.2) is 41.3 Å². The van der Waals surface area contributed by atoms with E-state index in [0.717, 1.165) is 6.04 Å². The van der Waals surface area contributed by atoms with Crippen LogP contribution in [0.25, 0.3) is 10.8 Å². The molecular formula is C17H21NS. The van der Waals surface area contributed by atoms with Crippen LogP contribution in [0.2, 0.25) is 0 Å². The molecule has 1 aliphatic heterocycles. The van der Waals surface area contributed by atoms with Crippen molar-refractivity contribution >= 4 is 22.5 Å². The highest BCUT2D eigenvalue weighted by Crippen LogP contribution is 2.31. The Labute approximate surface area is 120 Å². The quantitative estimate of drug-likeness (QED) is 0.770. The lowest BCUT2D eigenvalue weighted by atomic mass is 9.98. The molecule has 0 spiro atoms. The molecule has 1 fully saturated rings. The van der Waals surface area contributed by atoms with E-state index in [4.69, 9.17) is 0 Å². The summed E-state index contributed by atoms with van der Waals surface area (Å²) in [5, 5.41) is 2.85. The maximum absolute atomic E-state index is 2.51. The van der Waals surface area contributed by atoms with Crippen molar-refractivity contribution in [1.82, 2.24) is 4.90 Å². The molecule has 2 heteroatoms. The van der Waals surface area contributed by atoms with E-state index in [1.165, 1.54) is 47.0 Å². The Kier molecular flexibility index (Phi) is 3.81. The third-order valence-corrected chi connectivity index (χ3v) is 5.08. The average molecular weight is 271 g/mol. The number of fused-ring (bicyclic) bond motifs is 1. The first-order chi connectivity index (χ1) is 9.29. The highest BCUT2D eigenvalue weighted by molar-refractivity contribution is 7.98. The van der Waals surface area contributed by atoms with Gasteiger partial charge in [0.1, 0.15) is 0 Å². The summed E-state index contributed by atoms with van der Waals surface area (Å²) in [5.41, 5.74) is 1.52. The van der Waals surface area contributed by atoms with Gasteiger partial charge in [-0.2, -0.15) is 0 Å². The summed E-state index contributed by atoms with van der Waals surface area (Å²) in [6.45, 7) is 1.25. The Bertz CT molecular complexity index is 573. The predicted octanol–water partition coefficient (Wildman–Crippen LogP) is 4.20. The molecule has 1 aliphatic rings. The minimum Gasteiger partial charge on any atom is -0.303 e. The van der Waals surface area contributed by atoms with Crippen molar-refractivity contribution in [1.29, 1.82) is 0 Å². The third kappa shape index (κ3) is 2.52. The van der Waals surface area contributed by atoms with Gasteiger partial charge in [0.25, 0.3) is 0 Å². The molecule has 0 N–H and O–H groups in total. The minimum atomic E-state index is 0.723. The Morgan fingerprint density at radius 3 is 2.68 bits per heavy atom. The van der Waals surface area contributed by atoms with Crippen molar-refractivity contribution in [3.63, 3.8) is 0 Å². The van der Waals surface area contributed by atoms with Crippen LogP contribution in [-0.2, 0) is 6.42 Å². The minimum absolute atomic E-state index is 0.723. The van der Waals surface area contributed by atoms with Gasteiger partial charge in [-0.25, -0.2) is 0 Å². The number of hydrogen-bond donors (Lipinski definition) is 0. The van der Waals surface area contributed by atoms with Crippen LogP contribution in [0.3, 0.4) is 0 Å². The van der Waals surface area contributed by atoms with E-state index in [0.29, 0.717) is 0 Å². The molecule has 0 aromatic heterocycles. The molecule has 0 unspecified atom stereocenters. The second-order valence-corrected chi connectivity index (χ2v) is 6.30. The van der Waals surface area contributed by atoms with E-state index in [1.54, 1.807) is 0 Å². The molecule has 1 nitrogen and oxygen atoms in total. The molecule has 0 bridgehead atoms. The second-order valence-electron chi connectivity index (χ2n) is 5.46. The number of thioether (sulfide) groups is 1. The highest BCUT2D eigenvalue weighted by atomic mass is 32.2. The van der Waals surface area contributed by atoms with Crippen LogP contribution in [0.4, 0.5) is 0 Å². The number of likely N-dealkylation sites (N-methyl/N-ethyl adjacent to an activating group) is 1. The van der Waals surface area contributed by atoms with Gasteiger partial charge in [0.05, 0.1) is 0 Å². The predicted molar refractivity (Wildman–Crippen MR) is 85.1 cm³/mol. The van der Waals surface area contributed by atoms with Crippen LogP contribution in [0.5, 0.6) is 0 Å². The molecule has 1 heterocycles. The molecule has 1 saturated heterocycles. The van der Waals surface area contributed by atoms with Gasteiger partial charge in [0, 0.05) is 10.9 Å². The van der Waals surface area contributed by atoms with Gasteiger partial charge in [-0.15, -0.1) is 11.8 Å². The van der Waals surface area contributed by atoms with E-state index >= 15 is 0 Å². The first kappa shape index (κ1) is 13.0. The molecule has 0 aliphatic carbocycles. The summed E-state index contributed by atoms with van der Waals surface area (Å²) >= 11 is 1.86. The van der Waals surface area contributed by atoms with Crippen molar-refractivity contribution in [2.45, 2.75) is 30.2 Å². The number of benzene rings is 2. The van der Waals surface area contributed by atoms with Crippen LogP contribution < -0.4 is 0 Å². The van der Waals surface area contributed by atoms with Crippen LogP contribution in [0, 0.1) is 0 Å². The molecular weight excluding hydrogens is 250 g/mol. The summed E-state index contributed by atoms with van der Waals surface area (Å²) in [7, 11) is 2.26. The average Bonchev–Trinajstić information content (AvgIpc) is 2.84. The Hall–Kier alpha value is -0.990. The smallest absolute Gasteiger partial charge is 0.0150 e. The molecule has 19 heavy (non-hydrogen) atoms. The zero-order valence-corrected chi connectivity index (χ0v) is 12.5. The van der Waals surface area contributed by atoms with Gasteiger partial charge >= 0.3 is 0 Å². The Balaban J connectivity index is 2.02. The number of likely N-dealkylation sites (tertiary alicyclic amines) is 1. The van der Waals surface area contributed by atoms with Gasteiger partial charge in [0.15, 0.2) is 0 Å². The summed E-state index contributed by atoms with van der Waals surface area (Å²) < 4.78 is 0. The maximum Gasteiger partial charge on any atom is 0.0150 e. The Morgan fingerprint density at radius 2 is 2.00 bits per heavy atom. The van der Waals surface area contributed by atoms with Crippen molar-refractivity contribution in [3.05, 3.63) is 42.0 Å². The monoisotopic (exact) mass is 271 g/mol. The first-order valence-corrected chi connectivity index (χ1v) is 8.27. The van der Waals surface area contributed by atoms with Gasteiger partial charge in [-0.3, -0.25) is 0 Å². The molecule has 0 radical (unpaired) electrons. The summed E-state index contributed by atoms with van der Waals surface area (Å²) in [5.74, 6) is 0. The molecule has 1 atom stereocenters. The van der Waals surface area contributed by atoms with Crippen molar-refractivity contribution < 1.29 is 0 Å². The molecule has 0 saturated carbocycles. The van der Waals surface area contributed by atoms with Crippen LogP contribution in [0.1, 0.15) is 18.4 Å². The van der Waals surface area contributed by atoms with E-state index in [2.05, 4.69) is 54.6 Å². The maximum atomic E-state index is 2.51. The van der Waals surface area contributed by atoms with Crippen molar-refractivity contribution in [3.8, 4) is 0 Å². The zero-order chi connectivity index (χ0) is 13.2. The second kappa shape index (κ2) is 5.56. The lowest BCUT2D eigenvalue weighted by Gasteiger charge is -2.20. The lowest BCUT2D eigenvalue weighted by molar-refractivity contribution is 0.310. The molecule has 3 rings (SSSR count).